The summed E-state index contributed by atoms with van der Waals surface area (Å²) in [6.07, 6.45) is 5.95. The number of nitrogens with one attached hydrogen (secondary N) is 1. The number of carbonyl (C=O) groups is 1. The normalized spacial score (nSPS) is 24.7. The number of nitrogens with zero attached hydrogens (tertiary/aromatic N) is 1. The van der Waals surface area contributed by atoms with Crippen molar-refractivity contribution in [1.29, 1.82) is 5.26 Å². The van der Waals surface area contributed by atoms with Crippen LogP contribution in [0.15, 0.2) is 0 Å². The number of hydrogen-bond acceptors (Lipinski definition) is 4. The highest BCUT2D eigenvalue weighted by molar-refractivity contribution is 5.69. The van der Waals surface area contributed by atoms with E-state index in [9.17, 15) is 4.79 Å². The minimum absolute atomic E-state index is 0.0969. The highest BCUT2D eigenvalue weighted by Gasteiger charge is 2.22. The summed E-state index contributed by atoms with van der Waals surface area (Å²) in [6.45, 7) is 2.85. The predicted molar refractivity (Wildman–Crippen MR) is 65.2 cm³/mol. The lowest BCUT2D eigenvalue weighted by Crippen LogP contribution is -2.36. The third-order valence-corrected chi connectivity index (χ3v) is 3.22. The molecule has 4 heteroatoms. The average Bonchev–Trinajstić information content (AvgIpc) is 2.54. The van der Waals surface area contributed by atoms with E-state index in [0.29, 0.717) is 19.6 Å². The molecule has 2 unspecified atom stereocenters. The minimum Gasteiger partial charge on any atom is -0.466 e. The van der Waals surface area contributed by atoms with Gasteiger partial charge < -0.3 is 10.1 Å². The van der Waals surface area contributed by atoms with E-state index in [1.54, 1.807) is 0 Å². The molecule has 1 aliphatic rings. The smallest absolute Gasteiger partial charge is 0.307 e. The van der Waals surface area contributed by atoms with E-state index in [1.807, 2.05) is 6.92 Å². The van der Waals surface area contributed by atoms with E-state index in [1.165, 1.54) is 12.8 Å². The molecule has 0 amide bonds. The SMILES string of the molecule is CCOC(=O)CCNC1CCCCCC1C#N. The van der Waals surface area contributed by atoms with Crippen molar-refractivity contribution < 1.29 is 9.53 Å². The van der Waals surface area contributed by atoms with Crippen molar-refractivity contribution in [2.45, 2.75) is 51.5 Å². The Balaban J connectivity index is 2.28. The second-order valence-corrected chi connectivity index (χ2v) is 4.49. The Hall–Kier alpha value is -1.08. The van der Waals surface area contributed by atoms with E-state index in [2.05, 4.69) is 11.4 Å². The highest BCUT2D eigenvalue weighted by Crippen LogP contribution is 2.22. The van der Waals surface area contributed by atoms with Gasteiger partial charge in [-0.3, -0.25) is 4.79 Å². The standard InChI is InChI=1S/C13H22N2O2/c1-2-17-13(16)8-9-15-12-7-5-3-4-6-11(12)10-14/h11-12,15H,2-9H2,1H3. The quantitative estimate of drug-likeness (QED) is 0.588. The van der Waals surface area contributed by atoms with Crippen molar-refractivity contribution in [2.24, 2.45) is 5.92 Å². The summed E-state index contributed by atoms with van der Waals surface area (Å²) in [5.41, 5.74) is 0. The maximum Gasteiger partial charge on any atom is 0.307 e. The van der Waals surface area contributed by atoms with Crippen LogP contribution in [0.4, 0.5) is 0 Å². The van der Waals surface area contributed by atoms with E-state index in [0.717, 1.165) is 19.3 Å². The molecular weight excluding hydrogens is 216 g/mol. The zero-order valence-electron chi connectivity index (χ0n) is 10.6. The lowest BCUT2D eigenvalue weighted by atomic mass is 9.96. The van der Waals surface area contributed by atoms with Crippen LogP contribution < -0.4 is 5.32 Å². The van der Waals surface area contributed by atoms with Crippen molar-refractivity contribution in [2.75, 3.05) is 13.2 Å². The van der Waals surface area contributed by atoms with Crippen LogP contribution in [-0.4, -0.2) is 25.2 Å². The molecule has 1 saturated carbocycles. The first-order chi connectivity index (χ1) is 8.27. The number of ether oxygens (including phenoxy) is 1. The molecule has 0 bridgehead atoms. The molecule has 0 aliphatic heterocycles. The summed E-state index contributed by atoms with van der Waals surface area (Å²) in [5, 5.41) is 12.4. The largest absolute Gasteiger partial charge is 0.466 e. The summed E-state index contributed by atoms with van der Waals surface area (Å²) in [7, 11) is 0. The lowest BCUT2D eigenvalue weighted by molar-refractivity contribution is -0.143. The molecule has 1 aliphatic carbocycles. The molecule has 96 valence electrons. The van der Waals surface area contributed by atoms with Gasteiger partial charge in [0.1, 0.15) is 0 Å². The van der Waals surface area contributed by atoms with Crippen molar-refractivity contribution in [3.05, 3.63) is 0 Å². The van der Waals surface area contributed by atoms with Gasteiger partial charge in [-0.15, -0.1) is 0 Å². The first-order valence-corrected chi connectivity index (χ1v) is 6.56. The molecule has 1 fully saturated rings. The maximum atomic E-state index is 11.2. The van der Waals surface area contributed by atoms with Crippen molar-refractivity contribution >= 4 is 5.97 Å². The first kappa shape index (κ1) is 14.0. The van der Waals surface area contributed by atoms with E-state index >= 15 is 0 Å². The summed E-state index contributed by atoms with van der Waals surface area (Å²) in [5.74, 6) is -0.0678. The number of nitriles is 1. The number of hydrogen-bond donors (Lipinski definition) is 1. The second-order valence-electron chi connectivity index (χ2n) is 4.49. The van der Waals surface area contributed by atoms with Crippen LogP contribution in [0.2, 0.25) is 0 Å². The Morgan fingerprint density at radius 2 is 2.18 bits per heavy atom. The first-order valence-electron chi connectivity index (χ1n) is 6.56. The Bertz CT molecular complexity index is 273. The molecule has 0 saturated heterocycles. The molecular formula is C13H22N2O2. The fourth-order valence-corrected chi connectivity index (χ4v) is 2.30. The van der Waals surface area contributed by atoms with Crippen LogP contribution in [0.3, 0.4) is 0 Å². The van der Waals surface area contributed by atoms with Crippen molar-refractivity contribution in [3.63, 3.8) is 0 Å². The van der Waals surface area contributed by atoms with E-state index < -0.39 is 0 Å². The van der Waals surface area contributed by atoms with Crippen LogP contribution >= 0.6 is 0 Å². The van der Waals surface area contributed by atoms with Gasteiger partial charge in [0.25, 0.3) is 0 Å². The van der Waals surface area contributed by atoms with E-state index in [4.69, 9.17) is 10.00 Å². The van der Waals surface area contributed by atoms with Gasteiger partial charge in [0.05, 0.1) is 25.0 Å². The van der Waals surface area contributed by atoms with Gasteiger partial charge in [0.2, 0.25) is 0 Å². The van der Waals surface area contributed by atoms with Gasteiger partial charge in [0.15, 0.2) is 0 Å². The van der Waals surface area contributed by atoms with Gasteiger partial charge in [-0.2, -0.15) is 5.26 Å². The molecule has 2 atom stereocenters. The summed E-state index contributed by atoms with van der Waals surface area (Å²) in [4.78, 5) is 11.2. The fraction of sp³-hybridized carbons (Fsp3) is 0.846. The molecule has 0 heterocycles. The zero-order chi connectivity index (χ0) is 12.5. The van der Waals surface area contributed by atoms with Gasteiger partial charge in [-0.25, -0.2) is 0 Å². The fourth-order valence-electron chi connectivity index (χ4n) is 2.30. The molecule has 0 spiro atoms. The van der Waals surface area contributed by atoms with Crippen LogP contribution in [-0.2, 0) is 9.53 Å². The maximum absolute atomic E-state index is 11.2. The minimum atomic E-state index is -0.165. The molecule has 0 aromatic heterocycles. The molecule has 1 rings (SSSR count). The van der Waals surface area contributed by atoms with Crippen molar-refractivity contribution in [3.8, 4) is 6.07 Å². The molecule has 1 N–H and O–H groups in total. The summed E-state index contributed by atoms with van der Waals surface area (Å²) < 4.78 is 4.87. The molecule has 0 aromatic rings. The van der Waals surface area contributed by atoms with Crippen LogP contribution in [0, 0.1) is 17.2 Å². The average molecular weight is 238 g/mol. The summed E-state index contributed by atoms with van der Waals surface area (Å²) in [6, 6.07) is 2.63. The molecule has 0 aromatic carbocycles. The molecule has 17 heavy (non-hydrogen) atoms. The Labute approximate surface area is 103 Å². The number of rotatable bonds is 5. The lowest BCUT2D eigenvalue weighted by Gasteiger charge is -2.20. The molecule has 0 radical (unpaired) electrons. The predicted octanol–water partition coefficient (Wildman–Crippen LogP) is 2.00. The van der Waals surface area contributed by atoms with Gasteiger partial charge >= 0.3 is 5.97 Å². The second kappa shape index (κ2) is 8.08. The Morgan fingerprint density at radius 1 is 1.41 bits per heavy atom. The molecule has 4 nitrogen and oxygen atoms in total. The van der Waals surface area contributed by atoms with Crippen LogP contribution in [0.25, 0.3) is 0 Å². The van der Waals surface area contributed by atoms with Crippen LogP contribution in [0.1, 0.15) is 45.4 Å². The number of carbonyl (C=O) groups excluding carboxylic acids is 1. The zero-order valence-corrected chi connectivity index (χ0v) is 10.6. The third kappa shape index (κ3) is 5.18. The number of esters is 1. The Morgan fingerprint density at radius 3 is 2.88 bits per heavy atom. The third-order valence-electron chi connectivity index (χ3n) is 3.22. The van der Waals surface area contributed by atoms with Gasteiger partial charge in [0, 0.05) is 12.6 Å². The van der Waals surface area contributed by atoms with Gasteiger partial charge in [-0.05, 0) is 19.8 Å². The van der Waals surface area contributed by atoms with Crippen LogP contribution in [0.5, 0.6) is 0 Å². The van der Waals surface area contributed by atoms with E-state index in [-0.39, 0.29) is 17.9 Å². The monoisotopic (exact) mass is 238 g/mol. The topological polar surface area (TPSA) is 62.1 Å². The van der Waals surface area contributed by atoms with Gasteiger partial charge in [-0.1, -0.05) is 19.3 Å². The Kier molecular flexibility index (Phi) is 6.64. The summed E-state index contributed by atoms with van der Waals surface area (Å²) >= 11 is 0. The highest BCUT2D eigenvalue weighted by atomic mass is 16.5. The van der Waals surface area contributed by atoms with Crippen molar-refractivity contribution in [1.82, 2.24) is 5.32 Å².